The van der Waals surface area contributed by atoms with E-state index in [0.717, 1.165) is 12.8 Å². The van der Waals surface area contributed by atoms with Crippen LogP contribution in [0.4, 0.5) is 0 Å². The van der Waals surface area contributed by atoms with Crippen LogP contribution in [0.15, 0.2) is 0 Å². The lowest BCUT2D eigenvalue weighted by atomic mass is 10.4. The molecule has 0 aromatic carbocycles. The molecule has 0 aromatic heterocycles. The lowest BCUT2D eigenvalue weighted by Crippen LogP contribution is -1.55. The first-order valence-corrected chi connectivity index (χ1v) is 2.79. The molecule has 0 rings (SSSR count). The summed E-state index contributed by atoms with van der Waals surface area (Å²) >= 11 is 2.99. The van der Waals surface area contributed by atoms with Crippen molar-refractivity contribution in [3.63, 3.8) is 0 Å². The molecule has 0 radical (unpaired) electrons. The monoisotopic (exact) mass is 146 g/mol. The summed E-state index contributed by atoms with van der Waals surface area (Å²) in [6.07, 6.45) is 2.16. The molecule has 34 valence electrons. The lowest BCUT2D eigenvalue weighted by Gasteiger charge is -1.70. The number of unbranched alkanes of at least 4 members (excludes halogenated alkanes) is 1. The smallest absolute Gasteiger partial charge is 0.0106 e. The molecule has 0 bridgehead atoms. The molecule has 0 aromatic rings. The quantitative estimate of drug-likeness (QED) is 0.498. The van der Waals surface area contributed by atoms with E-state index in [4.69, 9.17) is 0 Å². The minimum atomic E-state index is 1.01. The van der Waals surface area contributed by atoms with Gasteiger partial charge in [0, 0.05) is 22.4 Å². The molecule has 0 aliphatic heterocycles. The van der Waals surface area contributed by atoms with Gasteiger partial charge in [0.2, 0.25) is 0 Å². The van der Waals surface area contributed by atoms with E-state index in [-0.39, 0.29) is 0 Å². The van der Waals surface area contributed by atoms with Gasteiger partial charge in [0.25, 0.3) is 0 Å². The lowest BCUT2D eigenvalue weighted by molar-refractivity contribution is 0.984. The summed E-state index contributed by atoms with van der Waals surface area (Å²) < 4.78 is 0. The second-order valence-corrected chi connectivity index (χ2v) is 1.42. The molecule has 0 saturated heterocycles. The Morgan fingerprint density at radius 3 is 2.50 bits per heavy atom. The highest BCUT2D eigenvalue weighted by atomic mass is 79.9. The number of rotatable bonds is 1. The maximum absolute atomic E-state index is 2.99. The van der Waals surface area contributed by atoms with Gasteiger partial charge in [0.05, 0.1) is 0 Å². The molecule has 0 fully saturated rings. The van der Waals surface area contributed by atoms with Gasteiger partial charge in [-0.25, -0.2) is 0 Å². The Labute approximate surface area is 47.1 Å². The van der Waals surface area contributed by atoms with Crippen molar-refractivity contribution in [2.45, 2.75) is 19.8 Å². The van der Waals surface area contributed by atoms with Gasteiger partial charge >= 0.3 is 0 Å². The zero-order chi connectivity index (χ0) is 4.83. The van der Waals surface area contributed by atoms with Crippen LogP contribution in [-0.4, -0.2) is 0 Å². The Balaban J connectivity index is 2.79. The SMILES string of the molecule is CCCC#CBr. The van der Waals surface area contributed by atoms with Gasteiger partial charge in [-0.05, 0) is 11.3 Å². The van der Waals surface area contributed by atoms with Crippen LogP contribution in [-0.2, 0) is 0 Å². The van der Waals surface area contributed by atoms with Gasteiger partial charge in [-0.2, -0.15) is 0 Å². The fourth-order valence-electron chi connectivity index (χ4n) is 0.172. The Morgan fingerprint density at radius 2 is 2.33 bits per heavy atom. The molecule has 0 atom stereocenters. The van der Waals surface area contributed by atoms with E-state index in [9.17, 15) is 0 Å². The van der Waals surface area contributed by atoms with E-state index in [1.165, 1.54) is 0 Å². The highest BCUT2D eigenvalue weighted by molar-refractivity contribution is 9.12. The Hall–Kier alpha value is 0.0400. The van der Waals surface area contributed by atoms with Crippen LogP contribution in [0.25, 0.3) is 0 Å². The molecule has 0 saturated carbocycles. The fraction of sp³-hybridized carbons (Fsp3) is 0.600. The van der Waals surface area contributed by atoms with E-state index in [0.29, 0.717) is 0 Å². The van der Waals surface area contributed by atoms with Crippen LogP contribution in [0, 0.1) is 10.8 Å². The van der Waals surface area contributed by atoms with Crippen molar-refractivity contribution in [3.05, 3.63) is 0 Å². The normalized spacial score (nSPS) is 6.33. The van der Waals surface area contributed by atoms with Gasteiger partial charge in [0.1, 0.15) is 0 Å². The number of hydrogen-bond donors (Lipinski definition) is 0. The van der Waals surface area contributed by atoms with Crippen LogP contribution < -0.4 is 0 Å². The Kier molecular flexibility index (Phi) is 5.07. The molecular weight excluding hydrogens is 140 g/mol. The molecule has 0 aliphatic carbocycles. The van der Waals surface area contributed by atoms with Gasteiger partial charge in [-0.3, -0.25) is 0 Å². The third-order valence-electron chi connectivity index (χ3n) is 0.442. The van der Waals surface area contributed by atoms with E-state index in [1.807, 2.05) is 0 Å². The third kappa shape index (κ3) is 4.04. The molecule has 0 nitrogen and oxygen atoms in total. The Bertz CT molecular complexity index is 65.7. The van der Waals surface area contributed by atoms with Gasteiger partial charge in [-0.15, -0.1) is 0 Å². The predicted octanol–water partition coefficient (Wildman–Crippen LogP) is 2.14. The highest BCUT2D eigenvalue weighted by Gasteiger charge is 1.64. The van der Waals surface area contributed by atoms with Crippen molar-refractivity contribution in [1.29, 1.82) is 0 Å². The van der Waals surface area contributed by atoms with Crippen molar-refractivity contribution < 1.29 is 0 Å². The minimum Gasteiger partial charge on any atom is -0.0908 e. The zero-order valence-electron chi connectivity index (χ0n) is 3.79. The van der Waals surface area contributed by atoms with Crippen molar-refractivity contribution in [2.24, 2.45) is 0 Å². The second kappa shape index (κ2) is 5.04. The minimum absolute atomic E-state index is 1.01. The molecule has 0 unspecified atom stereocenters. The van der Waals surface area contributed by atoms with Gasteiger partial charge in [0.15, 0.2) is 0 Å². The van der Waals surface area contributed by atoms with Crippen molar-refractivity contribution in [3.8, 4) is 10.8 Å². The predicted molar refractivity (Wildman–Crippen MR) is 31.6 cm³/mol. The maximum Gasteiger partial charge on any atom is 0.0106 e. The van der Waals surface area contributed by atoms with Gasteiger partial charge in [-0.1, -0.05) is 12.8 Å². The van der Waals surface area contributed by atoms with Crippen molar-refractivity contribution in [1.82, 2.24) is 0 Å². The van der Waals surface area contributed by atoms with E-state index < -0.39 is 0 Å². The van der Waals surface area contributed by atoms with Crippen LogP contribution in [0.5, 0.6) is 0 Å². The molecule has 0 N–H and O–H groups in total. The number of hydrogen-bond acceptors (Lipinski definition) is 0. The summed E-state index contributed by atoms with van der Waals surface area (Å²) in [5.74, 6) is 2.86. The van der Waals surface area contributed by atoms with Crippen LogP contribution >= 0.6 is 15.9 Å². The molecule has 0 amide bonds. The summed E-state index contributed by atoms with van der Waals surface area (Å²) in [5.41, 5.74) is 0. The van der Waals surface area contributed by atoms with Gasteiger partial charge < -0.3 is 0 Å². The van der Waals surface area contributed by atoms with Crippen LogP contribution in [0.2, 0.25) is 0 Å². The Morgan fingerprint density at radius 1 is 1.67 bits per heavy atom. The zero-order valence-corrected chi connectivity index (χ0v) is 5.38. The van der Waals surface area contributed by atoms with Crippen LogP contribution in [0.1, 0.15) is 19.8 Å². The summed E-state index contributed by atoms with van der Waals surface area (Å²) in [7, 11) is 0. The fourth-order valence-corrected chi connectivity index (χ4v) is 0.370. The second-order valence-electron chi connectivity index (χ2n) is 1.02. The summed E-state index contributed by atoms with van der Waals surface area (Å²) in [4.78, 5) is 2.63. The first-order valence-electron chi connectivity index (χ1n) is 2.00. The molecular formula is C5H7Br. The largest absolute Gasteiger partial charge is 0.0908 e. The maximum atomic E-state index is 2.99. The molecule has 0 aliphatic rings. The van der Waals surface area contributed by atoms with Crippen molar-refractivity contribution in [2.75, 3.05) is 0 Å². The molecule has 1 heteroatoms. The molecule has 6 heavy (non-hydrogen) atoms. The summed E-state index contributed by atoms with van der Waals surface area (Å²) in [6, 6.07) is 0. The van der Waals surface area contributed by atoms with Crippen LogP contribution in [0.3, 0.4) is 0 Å². The molecule has 0 spiro atoms. The number of halogens is 1. The highest BCUT2D eigenvalue weighted by Crippen LogP contribution is 1.81. The van der Waals surface area contributed by atoms with E-state index in [1.54, 1.807) is 0 Å². The third-order valence-corrected chi connectivity index (χ3v) is 0.722. The van der Waals surface area contributed by atoms with Crippen molar-refractivity contribution >= 4 is 15.9 Å². The average molecular weight is 147 g/mol. The van der Waals surface area contributed by atoms with E-state index >= 15 is 0 Å². The first kappa shape index (κ1) is 6.04. The summed E-state index contributed by atoms with van der Waals surface area (Å²) in [5, 5.41) is 0. The van der Waals surface area contributed by atoms with E-state index in [2.05, 4.69) is 33.6 Å². The first-order chi connectivity index (χ1) is 2.91. The topological polar surface area (TPSA) is 0 Å². The average Bonchev–Trinajstić information content (AvgIpc) is 1.61. The summed E-state index contributed by atoms with van der Waals surface area (Å²) in [6.45, 7) is 2.11. The standard InChI is InChI=1S/C5H7Br/c1-2-3-4-5-6/h2-3H2,1H3. The molecule has 0 heterocycles.